The molecule has 0 aliphatic heterocycles. The average Bonchev–Trinajstić information content (AvgIpc) is 2.85. The van der Waals surface area contributed by atoms with Crippen molar-refractivity contribution in [2.24, 2.45) is 5.92 Å². The van der Waals surface area contributed by atoms with E-state index < -0.39 is 0 Å². The fourth-order valence-corrected chi connectivity index (χ4v) is 5.79. The van der Waals surface area contributed by atoms with Gasteiger partial charge in [0.2, 0.25) is 0 Å². The number of hydrogen-bond donors (Lipinski definition) is 0. The summed E-state index contributed by atoms with van der Waals surface area (Å²) in [5, 5.41) is 0. The second kappa shape index (κ2) is 21.2. The van der Waals surface area contributed by atoms with Gasteiger partial charge >= 0.3 is 0 Å². The van der Waals surface area contributed by atoms with Crippen LogP contribution in [0.2, 0.25) is 0 Å². The van der Waals surface area contributed by atoms with Gasteiger partial charge in [-0.1, -0.05) is 81.9 Å². The van der Waals surface area contributed by atoms with Crippen LogP contribution in [0.4, 0.5) is 0 Å². The molecule has 0 spiro atoms. The van der Waals surface area contributed by atoms with Crippen LogP contribution in [0.1, 0.15) is 127 Å². The molecule has 0 saturated carbocycles. The zero-order chi connectivity index (χ0) is 27.5. The number of hydrogen-bond acceptors (Lipinski definition) is 1. The van der Waals surface area contributed by atoms with E-state index in [9.17, 15) is 0 Å². The molecule has 0 bridgehead atoms. The summed E-state index contributed by atoms with van der Waals surface area (Å²) in [4.78, 5) is 1.45. The Hall–Kier alpha value is -0.780. The van der Waals surface area contributed by atoms with E-state index in [1.165, 1.54) is 96.7 Å². The smallest absolute Gasteiger partial charge is 0.00612 e. The molecule has 0 radical (unpaired) electrons. The number of rotatable bonds is 18. The maximum absolute atomic E-state index is 2.89. The number of allylic oxidation sites excluding steroid dienone is 11. The third kappa shape index (κ3) is 13.7. The summed E-state index contributed by atoms with van der Waals surface area (Å²) < 4.78 is 0. The molecule has 0 amide bonds. The van der Waals surface area contributed by atoms with Crippen LogP contribution in [0, 0.1) is 5.92 Å². The standard InChI is InChI=1S/C34H59PS/c1-11-14-15-17-24-33(31(10)34(12-2)36-13-3)30(9)29(8)32(23-18-16-19-25-35)28(7)27(6)22-20-21-26(4)5/h12,20-22,27H,11,13-19,23-25,35H2,1-10H3/b22-20?,30-29+,32-28+,33-31+,34-12-. The molecule has 2 heteroatoms. The van der Waals surface area contributed by atoms with Gasteiger partial charge in [0.05, 0.1) is 0 Å². The van der Waals surface area contributed by atoms with E-state index in [1.807, 2.05) is 11.8 Å². The molecule has 0 nitrogen and oxygen atoms in total. The van der Waals surface area contributed by atoms with E-state index in [1.54, 1.807) is 11.1 Å². The van der Waals surface area contributed by atoms with Crippen LogP contribution in [0.5, 0.6) is 0 Å². The van der Waals surface area contributed by atoms with Crippen molar-refractivity contribution in [2.75, 3.05) is 11.9 Å². The van der Waals surface area contributed by atoms with Crippen molar-refractivity contribution in [3.8, 4) is 0 Å². The van der Waals surface area contributed by atoms with Crippen LogP contribution < -0.4 is 0 Å². The minimum atomic E-state index is 0.444. The maximum atomic E-state index is 2.89. The lowest BCUT2D eigenvalue weighted by Crippen LogP contribution is -2.04. The Morgan fingerprint density at radius 3 is 1.89 bits per heavy atom. The summed E-state index contributed by atoms with van der Waals surface area (Å²) in [5.74, 6) is 1.57. The summed E-state index contributed by atoms with van der Waals surface area (Å²) in [5.41, 5.74) is 10.6. The minimum absolute atomic E-state index is 0.444. The van der Waals surface area contributed by atoms with Gasteiger partial charge in [-0.15, -0.1) is 21.0 Å². The quantitative estimate of drug-likeness (QED) is 0.0964. The molecule has 0 aromatic carbocycles. The van der Waals surface area contributed by atoms with Crippen LogP contribution in [0.15, 0.2) is 68.2 Å². The number of thioether (sulfide) groups is 1. The molecule has 2 atom stereocenters. The first-order chi connectivity index (χ1) is 17.2. The fraction of sp³-hybridized carbons (Fsp3) is 0.647. The highest BCUT2D eigenvalue weighted by Crippen LogP contribution is 2.36. The molecule has 0 rings (SSSR count). The van der Waals surface area contributed by atoms with Crippen LogP contribution in [-0.2, 0) is 0 Å². The van der Waals surface area contributed by atoms with Gasteiger partial charge in [-0.05, 0) is 126 Å². The molecular weight excluding hydrogens is 471 g/mol. The van der Waals surface area contributed by atoms with Crippen molar-refractivity contribution < 1.29 is 0 Å². The monoisotopic (exact) mass is 530 g/mol. The molecule has 36 heavy (non-hydrogen) atoms. The molecule has 2 unspecified atom stereocenters. The van der Waals surface area contributed by atoms with E-state index in [4.69, 9.17) is 0 Å². The molecular formula is C34H59PS. The summed E-state index contributed by atoms with van der Waals surface area (Å²) in [6.45, 7) is 23.0. The Bertz CT molecular complexity index is 812. The topological polar surface area (TPSA) is 0 Å². The molecule has 0 aliphatic rings. The molecule has 0 aliphatic carbocycles. The van der Waals surface area contributed by atoms with E-state index in [2.05, 4.69) is 103 Å². The molecule has 0 aromatic heterocycles. The predicted octanol–water partition coefficient (Wildman–Crippen LogP) is 12.2. The first-order valence-corrected chi connectivity index (χ1v) is 16.3. The highest BCUT2D eigenvalue weighted by atomic mass is 32.2. The third-order valence-corrected chi connectivity index (χ3v) is 8.80. The van der Waals surface area contributed by atoms with Gasteiger partial charge in [-0.2, -0.15) is 0 Å². The third-order valence-electron chi connectivity index (χ3n) is 7.25. The second-order valence-electron chi connectivity index (χ2n) is 10.4. The number of unbranched alkanes of at least 4 members (excludes halogenated alkanes) is 5. The largest absolute Gasteiger partial charge is 0.138 e. The van der Waals surface area contributed by atoms with Crippen LogP contribution in [0.3, 0.4) is 0 Å². The molecule has 0 fully saturated rings. The minimum Gasteiger partial charge on any atom is -0.138 e. The van der Waals surface area contributed by atoms with Crippen molar-refractivity contribution in [1.29, 1.82) is 0 Å². The maximum Gasteiger partial charge on any atom is 0.00612 e. The molecule has 0 aromatic rings. The van der Waals surface area contributed by atoms with Crippen molar-refractivity contribution >= 4 is 21.0 Å². The summed E-state index contributed by atoms with van der Waals surface area (Å²) in [6, 6.07) is 0. The Balaban J connectivity index is 6.60. The van der Waals surface area contributed by atoms with Gasteiger partial charge in [0.1, 0.15) is 0 Å². The summed E-state index contributed by atoms with van der Waals surface area (Å²) in [7, 11) is 2.89. The van der Waals surface area contributed by atoms with Gasteiger partial charge in [-0.3, -0.25) is 0 Å². The summed E-state index contributed by atoms with van der Waals surface area (Å²) >= 11 is 1.99. The Morgan fingerprint density at radius 2 is 1.36 bits per heavy atom. The zero-order valence-electron chi connectivity index (χ0n) is 25.7. The molecule has 0 heterocycles. The molecule has 0 saturated heterocycles. The lowest BCUT2D eigenvalue weighted by molar-refractivity contribution is 0.663. The lowest BCUT2D eigenvalue weighted by Gasteiger charge is -2.22. The molecule has 206 valence electrons. The first-order valence-electron chi connectivity index (χ1n) is 14.5. The van der Waals surface area contributed by atoms with E-state index >= 15 is 0 Å². The normalized spacial score (nSPS) is 15.5. The van der Waals surface area contributed by atoms with Gasteiger partial charge in [0, 0.05) is 4.91 Å². The van der Waals surface area contributed by atoms with E-state index in [0.717, 1.165) is 5.75 Å². The van der Waals surface area contributed by atoms with Crippen molar-refractivity contribution in [3.05, 3.63) is 68.2 Å². The van der Waals surface area contributed by atoms with Crippen LogP contribution >= 0.6 is 21.0 Å². The van der Waals surface area contributed by atoms with Crippen LogP contribution in [-0.4, -0.2) is 11.9 Å². The molecule has 0 N–H and O–H groups in total. The Kier molecular flexibility index (Phi) is 20.7. The van der Waals surface area contributed by atoms with Crippen molar-refractivity contribution in [1.82, 2.24) is 0 Å². The first kappa shape index (κ1) is 35.2. The Morgan fingerprint density at radius 1 is 0.778 bits per heavy atom. The van der Waals surface area contributed by atoms with E-state index in [-0.39, 0.29) is 0 Å². The predicted molar refractivity (Wildman–Crippen MR) is 175 cm³/mol. The van der Waals surface area contributed by atoms with Gasteiger partial charge < -0.3 is 0 Å². The fourth-order valence-electron chi connectivity index (χ4n) is 4.69. The highest BCUT2D eigenvalue weighted by molar-refractivity contribution is 8.03. The highest BCUT2D eigenvalue weighted by Gasteiger charge is 2.16. The van der Waals surface area contributed by atoms with Gasteiger partial charge in [0.25, 0.3) is 0 Å². The zero-order valence-corrected chi connectivity index (χ0v) is 27.6. The van der Waals surface area contributed by atoms with Gasteiger partial charge in [0.15, 0.2) is 0 Å². The van der Waals surface area contributed by atoms with Crippen molar-refractivity contribution in [3.63, 3.8) is 0 Å². The van der Waals surface area contributed by atoms with Gasteiger partial charge in [-0.25, -0.2) is 0 Å². The van der Waals surface area contributed by atoms with E-state index in [0.29, 0.717) is 5.92 Å². The van der Waals surface area contributed by atoms with Crippen molar-refractivity contribution in [2.45, 2.75) is 127 Å². The average molecular weight is 531 g/mol. The lowest BCUT2D eigenvalue weighted by atomic mass is 9.84. The van der Waals surface area contributed by atoms with Crippen LogP contribution in [0.25, 0.3) is 0 Å². The second-order valence-corrected chi connectivity index (χ2v) is 12.3. The summed E-state index contributed by atoms with van der Waals surface area (Å²) in [6.07, 6.45) is 21.9. The Labute approximate surface area is 233 Å². The SMILES string of the molecule is C/C=C(SCC)/C(C)=C(CCCCCC)/C(C)=C(C)/C(CCCCCP)=C(\C)C(C)C=CC=C(C)C.